The normalized spacial score (nSPS) is 20.1. The van der Waals surface area contributed by atoms with Crippen molar-refractivity contribution in [2.24, 2.45) is 0 Å². The summed E-state index contributed by atoms with van der Waals surface area (Å²) >= 11 is 0. The van der Waals surface area contributed by atoms with E-state index < -0.39 is 74.2 Å². The number of carboxylic acids is 1. The molecule has 2 unspecified atom stereocenters. The topological polar surface area (TPSA) is 194 Å². The lowest BCUT2D eigenvalue weighted by atomic mass is 9.93. The third-order valence-electron chi connectivity index (χ3n) is 13.7. The fraction of sp³-hybridized carbons (Fsp3) is 0.508. The summed E-state index contributed by atoms with van der Waals surface area (Å²) in [5.41, 5.74) is 7.43. The molecule has 0 aromatic heterocycles. The van der Waals surface area contributed by atoms with Crippen molar-refractivity contribution in [1.82, 2.24) is 0 Å². The number of aryl methyl sites for hydroxylation is 6. The first-order chi connectivity index (χ1) is 37.6. The van der Waals surface area contributed by atoms with Gasteiger partial charge >= 0.3 is 23.9 Å². The highest BCUT2D eigenvalue weighted by Crippen LogP contribution is 2.37. The number of aliphatic hydroxyl groups is 2. The van der Waals surface area contributed by atoms with Gasteiger partial charge in [-0.3, -0.25) is 0 Å². The van der Waals surface area contributed by atoms with E-state index in [9.17, 15) is 34.5 Å². The van der Waals surface area contributed by atoms with Crippen LogP contribution in [0, 0.1) is 27.7 Å². The second kappa shape index (κ2) is 29.8. The summed E-state index contributed by atoms with van der Waals surface area (Å²) in [5, 5.41) is 29.2. The second-order valence-electron chi connectivity index (χ2n) is 23.5. The molecule has 8 atom stereocenters. The Morgan fingerprint density at radius 1 is 0.600 bits per heavy atom. The average Bonchev–Trinajstić information content (AvgIpc) is 3.94. The van der Waals surface area contributed by atoms with Crippen LogP contribution in [0.15, 0.2) is 109 Å². The number of hydrogen-bond donors (Lipinski definition) is 3. The summed E-state index contributed by atoms with van der Waals surface area (Å²) < 4.78 is 42.6. The van der Waals surface area contributed by atoms with Crippen LogP contribution in [-0.2, 0) is 46.0 Å². The summed E-state index contributed by atoms with van der Waals surface area (Å²) in [4.78, 5) is 50.9. The predicted molar refractivity (Wildman–Crippen MR) is 313 cm³/mol. The van der Waals surface area contributed by atoms with Crippen molar-refractivity contribution in [2.75, 3.05) is 6.61 Å². The third-order valence-corrected chi connectivity index (χ3v) is 15.4. The van der Waals surface area contributed by atoms with E-state index in [4.69, 9.17) is 33.2 Å². The summed E-state index contributed by atoms with van der Waals surface area (Å²) in [5.74, 6) is -3.86. The van der Waals surface area contributed by atoms with E-state index in [0.717, 1.165) is 45.8 Å². The molecule has 2 aliphatic heterocycles. The van der Waals surface area contributed by atoms with Gasteiger partial charge in [-0.05, 0) is 185 Å². The molecule has 2 heterocycles. The summed E-state index contributed by atoms with van der Waals surface area (Å²) in [6.45, 7) is 25.8. The lowest BCUT2D eigenvalue weighted by Gasteiger charge is -2.25. The van der Waals surface area contributed by atoms with Crippen molar-refractivity contribution in [3.63, 3.8) is 0 Å². The number of rotatable bonds is 25. The Labute approximate surface area is 475 Å². The molecule has 0 saturated carbocycles. The number of carbonyl (C=O) groups excluding carboxylic acids is 3. The number of carboxylic acid groups (broad SMARTS) is 1. The average molecular weight is 1120 g/mol. The summed E-state index contributed by atoms with van der Waals surface area (Å²) in [6, 6.07) is 26.4. The van der Waals surface area contributed by atoms with Gasteiger partial charge in [-0.2, -0.15) is 0 Å². The molecular formula is C65H88O14Si. The Bertz CT molecular complexity index is 2720. The highest BCUT2D eigenvalue weighted by Gasteiger charge is 2.47. The molecule has 0 radical (unpaired) electrons. The van der Waals surface area contributed by atoms with E-state index in [2.05, 4.69) is 25.7 Å². The van der Waals surface area contributed by atoms with Crippen LogP contribution in [0.3, 0.4) is 0 Å². The Morgan fingerprint density at radius 2 is 1.00 bits per heavy atom. The largest absolute Gasteiger partial charge is 0.478 e. The van der Waals surface area contributed by atoms with Crippen molar-refractivity contribution >= 4 is 32.0 Å². The van der Waals surface area contributed by atoms with Crippen LogP contribution in [0.1, 0.15) is 155 Å². The molecule has 0 aliphatic carbocycles. The lowest BCUT2D eigenvalue weighted by Crippen LogP contribution is -2.37. The summed E-state index contributed by atoms with van der Waals surface area (Å²) in [6.07, 6.45) is 7.50. The number of hydrogen-bond acceptors (Lipinski definition) is 13. The van der Waals surface area contributed by atoms with Crippen molar-refractivity contribution in [3.8, 4) is 0 Å². The monoisotopic (exact) mass is 1120 g/mol. The smallest absolute Gasteiger partial charge is 0.338 e. The number of aliphatic hydroxyl groups excluding tert-OH is 2. The zero-order valence-corrected chi connectivity index (χ0v) is 50.4. The van der Waals surface area contributed by atoms with E-state index >= 15 is 0 Å². The van der Waals surface area contributed by atoms with E-state index in [1.807, 2.05) is 91.8 Å². The molecule has 0 spiro atoms. The first-order valence-electron chi connectivity index (χ1n) is 28.2. The van der Waals surface area contributed by atoms with Crippen LogP contribution in [-0.4, -0.2) is 114 Å². The van der Waals surface area contributed by atoms with Gasteiger partial charge in [-0.15, -0.1) is 0 Å². The maximum Gasteiger partial charge on any atom is 0.338 e. The van der Waals surface area contributed by atoms with Gasteiger partial charge in [0.2, 0.25) is 0 Å². The van der Waals surface area contributed by atoms with Gasteiger partial charge in [0.25, 0.3) is 0 Å². The van der Waals surface area contributed by atoms with Crippen molar-refractivity contribution in [3.05, 3.63) is 165 Å². The number of aromatic carboxylic acids is 1. The molecule has 436 valence electrons. The molecule has 0 bridgehead atoms. The third kappa shape index (κ3) is 20.6. The second-order valence-corrected chi connectivity index (χ2v) is 29.2. The molecule has 2 fully saturated rings. The molecule has 4 aromatic carbocycles. The van der Waals surface area contributed by atoms with Gasteiger partial charge < -0.3 is 48.5 Å². The molecule has 4 aromatic rings. The van der Waals surface area contributed by atoms with Gasteiger partial charge in [0.1, 0.15) is 24.4 Å². The minimum Gasteiger partial charge on any atom is -0.478 e. The van der Waals surface area contributed by atoms with E-state index in [1.165, 1.54) is 0 Å². The number of benzene rings is 4. The number of ether oxygens (including phenoxy) is 7. The number of carbonyl (C=O) groups is 4. The Morgan fingerprint density at radius 3 is 1.39 bits per heavy atom. The van der Waals surface area contributed by atoms with Crippen LogP contribution >= 0.6 is 0 Å². The molecule has 3 N–H and O–H groups in total. The lowest BCUT2D eigenvalue weighted by molar-refractivity contribution is -0.153. The molecule has 6 rings (SSSR count). The molecule has 80 heavy (non-hydrogen) atoms. The van der Waals surface area contributed by atoms with Gasteiger partial charge in [0.15, 0.2) is 11.6 Å². The highest BCUT2D eigenvalue weighted by molar-refractivity contribution is 6.76. The van der Waals surface area contributed by atoms with Crippen LogP contribution in [0.5, 0.6) is 0 Å². The van der Waals surface area contributed by atoms with Gasteiger partial charge in [-0.1, -0.05) is 104 Å². The molecule has 15 heteroatoms. The van der Waals surface area contributed by atoms with Crippen LogP contribution in [0.25, 0.3) is 0 Å². The van der Waals surface area contributed by atoms with Crippen molar-refractivity contribution in [2.45, 2.75) is 207 Å². The fourth-order valence-corrected chi connectivity index (χ4v) is 10.8. The van der Waals surface area contributed by atoms with Crippen LogP contribution in [0.4, 0.5) is 0 Å². The Kier molecular flexibility index (Phi) is 24.2. The zero-order chi connectivity index (χ0) is 59.0. The Balaban J connectivity index is 0.000000297. The van der Waals surface area contributed by atoms with E-state index in [0.29, 0.717) is 73.8 Å². The maximum atomic E-state index is 13.2. The van der Waals surface area contributed by atoms with Crippen molar-refractivity contribution in [1.29, 1.82) is 0 Å². The van der Waals surface area contributed by atoms with E-state index in [1.54, 1.807) is 80.6 Å². The van der Waals surface area contributed by atoms with E-state index in [-0.39, 0.29) is 18.2 Å². The molecule has 2 saturated heterocycles. The number of esters is 3. The highest BCUT2D eigenvalue weighted by atomic mass is 28.3. The molecule has 2 aliphatic rings. The fourth-order valence-electron chi connectivity index (χ4n) is 10.1. The van der Waals surface area contributed by atoms with Crippen LogP contribution < -0.4 is 0 Å². The standard InChI is InChI=1S/C35H50O7Si.C30H38O7/c1-24-22-25(2)31(34(38)39-20-21-43(6,7)8)28(23-24)17-13-19-30-32(42-35(4,5)41-30)29(18-12-14-26(3)36)40-33(37)27-15-10-9-11-16-27;1-19-17-20(2)26(28(32)33)23(18-19)14-10-16-25-27(37-30(4,5)36-25)24(15-9-11-21(3)31)35-29(34)22-12-7-6-8-13-22/h9-12,15-16,18,22-23,26,29-30,32,36H,13-14,17,19-21H2,1-8H3;6-9,12-13,15,17-18,21,24-25,27,31H,10-11,14,16H2,1-5H3,(H,32,33)/b18-12-;15-9-/t26-,29?,30-,32+;21-,24?,25-,27+/m00/s1. The minimum atomic E-state index is -1.32. The molecule has 0 amide bonds. The first kappa shape index (κ1) is 65.0. The SMILES string of the molecule is Cc1cc(C)c(C(=O)O)c(CCC[C@@H]2OC(C)(C)O[C@@H]2C(/C=C\C[C@H](C)O)OC(=O)c2ccccc2)c1.Cc1cc(C)c(C(=O)OCC[Si](C)(C)C)c(CCC[C@@H]2OC(C)(C)O[C@@H]2C(/C=C\C[C@H](C)O)OC(=O)c2ccccc2)c1. The van der Waals surface area contributed by atoms with Gasteiger partial charge in [0.05, 0.1) is 53.3 Å². The summed E-state index contributed by atoms with van der Waals surface area (Å²) in [7, 11) is -1.32. The minimum absolute atomic E-state index is 0.263. The molecular weight excluding hydrogens is 1030 g/mol. The predicted octanol–water partition coefficient (Wildman–Crippen LogP) is 12.6. The van der Waals surface area contributed by atoms with Gasteiger partial charge in [-0.25, -0.2) is 19.2 Å². The first-order valence-corrected chi connectivity index (χ1v) is 31.9. The maximum absolute atomic E-state index is 13.2. The van der Waals surface area contributed by atoms with Gasteiger partial charge in [0, 0.05) is 8.07 Å². The van der Waals surface area contributed by atoms with Crippen LogP contribution in [0.2, 0.25) is 25.7 Å². The quantitative estimate of drug-likeness (QED) is 0.0245. The Hall–Kier alpha value is -5.78. The van der Waals surface area contributed by atoms with Crippen molar-refractivity contribution < 1.29 is 67.7 Å². The zero-order valence-electron chi connectivity index (χ0n) is 49.4. The molecule has 14 nitrogen and oxygen atoms in total.